The van der Waals surface area contributed by atoms with Crippen molar-refractivity contribution < 1.29 is 0 Å². The van der Waals surface area contributed by atoms with Crippen LogP contribution in [-0.2, 0) is 6.54 Å². The highest BCUT2D eigenvalue weighted by Crippen LogP contribution is 2.28. The van der Waals surface area contributed by atoms with E-state index >= 15 is 0 Å². The van der Waals surface area contributed by atoms with Crippen LogP contribution in [0.4, 0.5) is 0 Å². The predicted molar refractivity (Wildman–Crippen MR) is 54.7 cm³/mol. The van der Waals surface area contributed by atoms with E-state index in [2.05, 4.69) is 41.8 Å². The van der Waals surface area contributed by atoms with Crippen LogP contribution in [-0.4, -0.2) is 23.1 Å². The zero-order valence-electron chi connectivity index (χ0n) is 8.53. The minimum atomic E-state index is 0.647. The summed E-state index contributed by atoms with van der Waals surface area (Å²) in [6.45, 7) is 4.60. The van der Waals surface area contributed by atoms with Gasteiger partial charge in [-0.2, -0.15) is 0 Å². The molecule has 2 rings (SSSR count). The lowest BCUT2D eigenvalue weighted by Gasteiger charge is -2.34. The van der Waals surface area contributed by atoms with Gasteiger partial charge in [0.15, 0.2) is 0 Å². The summed E-state index contributed by atoms with van der Waals surface area (Å²) in [6, 6.07) is 5.07. The molecule has 0 aromatic carbocycles. The first-order valence-corrected chi connectivity index (χ1v) is 5.18. The lowest BCUT2D eigenvalue weighted by atomic mass is 10.1. The molecule has 0 saturated heterocycles. The Morgan fingerprint density at radius 1 is 1.46 bits per heavy atom. The molecule has 13 heavy (non-hydrogen) atoms. The Bertz CT molecular complexity index is 277. The zero-order chi connectivity index (χ0) is 9.26. The SMILES string of the molecule is CCCC1c2cccn2CCN1C. The standard InChI is InChI=1S/C11H18N2/c1-3-5-10-11-6-4-7-13(11)9-8-12(10)2/h4,6-7,10H,3,5,8-9H2,1-2H3. The van der Waals surface area contributed by atoms with Crippen LogP contribution >= 0.6 is 0 Å². The van der Waals surface area contributed by atoms with E-state index in [-0.39, 0.29) is 0 Å². The average molecular weight is 178 g/mol. The van der Waals surface area contributed by atoms with E-state index < -0.39 is 0 Å². The summed E-state index contributed by atoms with van der Waals surface area (Å²) in [7, 11) is 2.23. The van der Waals surface area contributed by atoms with Gasteiger partial charge >= 0.3 is 0 Å². The molecular formula is C11H18N2. The summed E-state index contributed by atoms with van der Waals surface area (Å²) >= 11 is 0. The van der Waals surface area contributed by atoms with Gasteiger partial charge in [-0.25, -0.2) is 0 Å². The lowest BCUT2D eigenvalue weighted by molar-refractivity contribution is 0.185. The number of hydrogen-bond donors (Lipinski definition) is 0. The Balaban J connectivity index is 2.25. The third-order valence-electron chi connectivity index (χ3n) is 2.99. The first-order chi connectivity index (χ1) is 6.33. The molecule has 0 N–H and O–H groups in total. The first-order valence-electron chi connectivity index (χ1n) is 5.18. The van der Waals surface area contributed by atoms with Crippen molar-refractivity contribution in [1.29, 1.82) is 0 Å². The molecule has 72 valence electrons. The summed E-state index contributed by atoms with van der Waals surface area (Å²) in [5.41, 5.74) is 1.50. The number of nitrogens with zero attached hydrogens (tertiary/aromatic N) is 2. The van der Waals surface area contributed by atoms with Crippen LogP contribution in [0.25, 0.3) is 0 Å². The Hall–Kier alpha value is -0.760. The quantitative estimate of drug-likeness (QED) is 0.674. The number of rotatable bonds is 2. The minimum Gasteiger partial charge on any atom is -0.349 e. The maximum atomic E-state index is 2.47. The van der Waals surface area contributed by atoms with Crippen LogP contribution in [0.2, 0.25) is 0 Å². The summed E-state index contributed by atoms with van der Waals surface area (Å²) in [4.78, 5) is 2.47. The topological polar surface area (TPSA) is 8.17 Å². The Kier molecular flexibility index (Phi) is 2.40. The molecule has 2 heterocycles. The van der Waals surface area contributed by atoms with Crippen molar-refractivity contribution in [2.45, 2.75) is 32.4 Å². The molecule has 1 atom stereocenters. The van der Waals surface area contributed by atoms with Gasteiger partial charge in [0.2, 0.25) is 0 Å². The number of hydrogen-bond acceptors (Lipinski definition) is 1. The van der Waals surface area contributed by atoms with E-state index in [0.717, 1.165) is 6.54 Å². The summed E-state index contributed by atoms with van der Waals surface area (Å²) in [6.07, 6.45) is 4.74. The van der Waals surface area contributed by atoms with Crippen LogP contribution in [0.15, 0.2) is 18.3 Å². The summed E-state index contributed by atoms with van der Waals surface area (Å²) in [5, 5.41) is 0. The predicted octanol–water partition coefficient (Wildman–Crippen LogP) is 2.27. The largest absolute Gasteiger partial charge is 0.349 e. The van der Waals surface area contributed by atoms with Gasteiger partial charge in [0.1, 0.15) is 0 Å². The van der Waals surface area contributed by atoms with E-state index in [1.54, 1.807) is 0 Å². The first kappa shape index (κ1) is 8.82. The Morgan fingerprint density at radius 2 is 2.31 bits per heavy atom. The van der Waals surface area contributed by atoms with Gasteiger partial charge < -0.3 is 4.57 Å². The van der Waals surface area contributed by atoms with Gasteiger partial charge in [0.05, 0.1) is 0 Å². The van der Waals surface area contributed by atoms with Gasteiger partial charge in [0, 0.05) is 31.0 Å². The molecule has 0 saturated carbocycles. The second kappa shape index (κ2) is 3.54. The molecule has 0 spiro atoms. The number of fused-ring (bicyclic) bond motifs is 1. The molecule has 0 radical (unpaired) electrons. The lowest BCUT2D eigenvalue weighted by Crippen LogP contribution is -2.34. The van der Waals surface area contributed by atoms with Crippen molar-refractivity contribution in [1.82, 2.24) is 9.47 Å². The fourth-order valence-electron chi connectivity index (χ4n) is 2.22. The number of aromatic nitrogens is 1. The van der Waals surface area contributed by atoms with Gasteiger partial charge in [-0.05, 0) is 25.6 Å². The summed E-state index contributed by atoms with van der Waals surface area (Å²) in [5.74, 6) is 0. The van der Waals surface area contributed by atoms with Crippen molar-refractivity contribution >= 4 is 0 Å². The van der Waals surface area contributed by atoms with Gasteiger partial charge in [-0.15, -0.1) is 0 Å². The second-order valence-corrected chi connectivity index (χ2v) is 3.91. The number of likely N-dealkylation sites (N-methyl/N-ethyl adjacent to an activating group) is 1. The Labute approximate surface area is 80.2 Å². The van der Waals surface area contributed by atoms with E-state index in [9.17, 15) is 0 Å². The van der Waals surface area contributed by atoms with E-state index in [4.69, 9.17) is 0 Å². The molecule has 1 aliphatic rings. The molecule has 1 unspecified atom stereocenters. The van der Waals surface area contributed by atoms with Gasteiger partial charge in [-0.1, -0.05) is 13.3 Å². The molecule has 1 aliphatic heterocycles. The third kappa shape index (κ3) is 1.51. The van der Waals surface area contributed by atoms with Crippen molar-refractivity contribution in [2.24, 2.45) is 0 Å². The van der Waals surface area contributed by atoms with Crippen molar-refractivity contribution in [3.05, 3.63) is 24.0 Å². The maximum absolute atomic E-state index is 2.47. The highest BCUT2D eigenvalue weighted by Gasteiger charge is 2.22. The molecule has 0 aliphatic carbocycles. The normalized spacial score (nSPS) is 23.1. The highest BCUT2D eigenvalue weighted by atomic mass is 15.2. The smallest absolute Gasteiger partial charge is 0.0498 e. The minimum absolute atomic E-state index is 0.647. The third-order valence-corrected chi connectivity index (χ3v) is 2.99. The molecule has 2 nitrogen and oxygen atoms in total. The second-order valence-electron chi connectivity index (χ2n) is 3.91. The van der Waals surface area contributed by atoms with Crippen molar-refractivity contribution in [3.63, 3.8) is 0 Å². The van der Waals surface area contributed by atoms with Crippen molar-refractivity contribution in [2.75, 3.05) is 13.6 Å². The molecule has 1 aromatic heterocycles. The van der Waals surface area contributed by atoms with E-state index in [0.29, 0.717) is 6.04 Å². The molecular weight excluding hydrogens is 160 g/mol. The van der Waals surface area contributed by atoms with Crippen LogP contribution < -0.4 is 0 Å². The maximum Gasteiger partial charge on any atom is 0.0498 e. The van der Waals surface area contributed by atoms with Crippen LogP contribution in [0.3, 0.4) is 0 Å². The molecule has 0 amide bonds. The van der Waals surface area contributed by atoms with Gasteiger partial charge in [-0.3, -0.25) is 4.90 Å². The van der Waals surface area contributed by atoms with Crippen molar-refractivity contribution in [3.8, 4) is 0 Å². The fourth-order valence-corrected chi connectivity index (χ4v) is 2.22. The van der Waals surface area contributed by atoms with Crippen LogP contribution in [0, 0.1) is 0 Å². The molecule has 0 fully saturated rings. The van der Waals surface area contributed by atoms with Crippen LogP contribution in [0.5, 0.6) is 0 Å². The molecule has 2 heteroatoms. The molecule has 0 bridgehead atoms. The Morgan fingerprint density at radius 3 is 3.08 bits per heavy atom. The average Bonchev–Trinajstić information content (AvgIpc) is 2.58. The van der Waals surface area contributed by atoms with E-state index in [1.807, 2.05) is 0 Å². The fraction of sp³-hybridized carbons (Fsp3) is 0.636. The molecule has 1 aromatic rings. The van der Waals surface area contributed by atoms with Gasteiger partial charge in [0.25, 0.3) is 0 Å². The summed E-state index contributed by atoms with van der Waals surface area (Å²) < 4.78 is 2.39. The van der Waals surface area contributed by atoms with Crippen LogP contribution in [0.1, 0.15) is 31.5 Å². The zero-order valence-corrected chi connectivity index (χ0v) is 8.53. The monoisotopic (exact) mass is 178 g/mol. The van der Waals surface area contributed by atoms with E-state index in [1.165, 1.54) is 25.1 Å². The highest BCUT2D eigenvalue weighted by molar-refractivity contribution is 5.14.